The van der Waals surface area contributed by atoms with Crippen molar-refractivity contribution in [1.82, 2.24) is 14.5 Å². The van der Waals surface area contributed by atoms with Gasteiger partial charge in [-0.2, -0.15) is 4.31 Å². The molecule has 0 aromatic heterocycles. The molecule has 0 atom stereocenters. The summed E-state index contributed by atoms with van der Waals surface area (Å²) in [5.41, 5.74) is 0. The number of hydrogen-bond acceptors (Lipinski definition) is 6. The van der Waals surface area contributed by atoms with Gasteiger partial charge in [-0.25, -0.2) is 8.42 Å². The Hall–Kier alpha value is -1.84. The fourth-order valence-electron chi connectivity index (χ4n) is 2.71. The topological polar surface area (TPSA) is 88.2 Å². The van der Waals surface area contributed by atoms with Gasteiger partial charge in [-0.15, -0.1) is 0 Å². The molecule has 1 heterocycles. The predicted octanol–water partition coefficient (Wildman–Crippen LogP) is 0.146. The highest BCUT2D eigenvalue weighted by Gasteiger charge is 2.31. The number of nitrogens with one attached hydrogen (secondary N) is 1. The Morgan fingerprint density at radius 3 is 2.40 bits per heavy atom. The van der Waals surface area contributed by atoms with Gasteiger partial charge in [-0.3, -0.25) is 9.69 Å². The van der Waals surface area contributed by atoms with Crippen LogP contribution in [0.5, 0.6) is 11.5 Å². The van der Waals surface area contributed by atoms with Crippen LogP contribution in [-0.2, 0) is 14.8 Å². The summed E-state index contributed by atoms with van der Waals surface area (Å²) in [6.07, 6.45) is 0. The van der Waals surface area contributed by atoms with Gasteiger partial charge < -0.3 is 14.8 Å². The number of sulfonamides is 1. The molecule has 1 amide bonds. The molecule has 0 aliphatic carbocycles. The number of carbonyl (C=O) groups is 1. The first-order chi connectivity index (χ1) is 11.9. The summed E-state index contributed by atoms with van der Waals surface area (Å²) in [6.45, 7) is 4.76. The van der Waals surface area contributed by atoms with Crippen LogP contribution in [-0.4, -0.2) is 77.0 Å². The largest absolute Gasteiger partial charge is 0.497 e. The third kappa shape index (κ3) is 4.83. The molecule has 25 heavy (non-hydrogen) atoms. The van der Waals surface area contributed by atoms with Gasteiger partial charge in [0.25, 0.3) is 0 Å². The third-order valence-corrected chi connectivity index (χ3v) is 6.04. The van der Waals surface area contributed by atoms with E-state index in [1.54, 1.807) is 12.1 Å². The lowest BCUT2D eigenvalue weighted by Crippen LogP contribution is -2.50. The molecule has 2 rings (SSSR count). The highest BCUT2D eigenvalue weighted by atomic mass is 32.2. The summed E-state index contributed by atoms with van der Waals surface area (Å²) < 4.78 is 37.7. The Morgan fingerprint density at radius 1 is 1.16 bits per heavy atom. The van der Waals surface area contributed by atoms with Crippen LogP contribution in [0.15, 0.2) is 23.1 Å². The van der Waals surface area contributed by atoms with Crippen LogP contribution in [0, 0.1) is 0 Å². The minimum absolute atomic E-state index is 0.0636. The number of carbonyl (C=O) groups excluding carboxylic acids is 1. The number of piperazine rings is 1. The molecular formula is C16H25N3O5S. The van der Waals surface area contributed by atoms with Crippen molar-refractivity contribution in [2.75, 3.05) is 53.5 Å². The SMILES string of the molecule is COc1ccc(OC)c(S(=O)(=O)N2CCN(CCNC(C)=O)CC2)c1. The van der Waals surface area contributed by atoms with Crippen LogP contribution in [0.3, 0.4) is 0 Å². The second-order valence-electron chi connectivity index (χ2n) is 5.75. The second kappa shape index (κ2) is 8.50. The molecule has 9 heteroatoms. The van der Waals surface area contributed by atoms with Gasteiger partial charge in [-0.1, -0.05) is 0 Å². The average Bonchev–Trinajstić information content (AvgIpc) is 2.61. The van der Waals surface area contributed by atoms with Crippen molar-refractivity contribution < 1.29 is 22.7 Å². The van der Waals surface area contributed by atoms with Crippen LogP contribution in [0.25, 0.3) is 0 Å². The Labute approximate surface area is 148 Å². The smallest absolute Gasteiger partial charge is 0.246 e. The number of amides is 1. The number of methoxy groups -OCH3 is 2. The van der Waals surface area contributed by atoms with Crippen molar-refractivity contribution in [3.63, 3.8) is 0 Å². The first kappa shape index (κ1) is 19.5. The number of ether oxygens (including phenoxy) is 2. The Kier molecular flexibility index (Phi) is 6.63. The normalized spacial score (nSPS) is 16.4. The van der Waals surface area contributed by atoms with Crippen molar-refractivity contribution in [3.05, 3.63) is 18.2 Å². The Morgan fingerprint density at radius 2 is 1.84 bits per heavy atom. The maximum atomic E-state index is 13.0. The highest BCUT2D eigenvalue weighted by Crippen LogP contribution is 2.30. The summed E-state index contributed by atoms with van der Waals surface area (Å²) in [6, 6.07) is 4.74. The summed E-state index contributed by atoms with van der Waals surface area (Å²) in [5, 5.41) is 2.74. The third-order valence-electron chi connectivity index (χ3n) is 4.12. The lowest BCUT2D eigenvalue weighted by molar-refractivity contribution is -0.119. The van der Waals surface area contributed by atoms with Crippen LogP contribution in [0.1, 0.15) is 6.92 Å². The Balaban J connectivity index is 2.06. The zero-order valence-electron chi connectivity index (χ0n) is 14.8. The minimum atomic E-state index is -3.66. The molecule has 8 nitrogen and oxygen atoms in total. The molecule has 140 valence electrons. The van der Waals surface area contributed by atoms with Gasteiger partial charge in [0.2, 0.25) is 15.9 Å². The van der Waals surface area contributed by atoms with Crippen LogP contribution in [0.2, 0.25) is 0 Å². The maximum Gasteiger partial charge on any atom is 0.246 e. The summed E-state index contributed by atoms with van der Waals surface area (Å²) in [7, 11) is -0.725. The molecule has 1 saturated heterocycles. The second-order valence-corrected chi connectivity index (χ2v) is 7.65. The fourth-order valence-corrected chi connectivity index (χ4v) is 4.30. The quantitative estimate of drug-likeness (QED) is 0.734. The lowest BCUT2D eigenvalue weighted by Gasteiger charge is -2.34. The van der Waals surface area contributed by atoms with Crippen molar-refractivity contribution in [3.8, 4) is 11.5 Å². The van der Waals surface area contributed by atoms with Gasteiger partial charge >= 0.3 is 0 Å². The molecule has 1 aromatic carbocycles. The number of hydrogen-bond donors (Lipinski definition) is 1. The van der Waals surface area contributed by atoms with Crippen molar-refractivity contribution >= 4 is 15.9 Å². The molecule has 0 radical (unpaired) electrons. The van der Waals surface area contributed by atoms with E-state index in [0.717, 1.165) is 0 Å². The van der Waals surface area contributed by atoms with Gasteiger partial charge in [0.1, 0.15) is 16.4 Å². The minimum Gasteiger partial charge on any atom is -0.497 e. The van der Waals surface area contributed by atoms with E-state index < -0.39 is 10.0 Å². The van der Waals surface area contributed by atoms with Gasteiger partial charge in [0, 0.05) is 52.3 Å². The lowest BCUT2D eigenvalue weighted by atomic mass is 10.3. The number of rotatable bonds is 7. The van der Waals surface area contributed by atoms with Crippen LogP contribution < -0.4 is 14.8 Å². The monoisotopic (exact) mass is 371 g/mol. The zero-order valence-corrected chi connectivity index (χ0v) is 15.6. The molecule has 0 bridgehead atoms. The summed E-state index contributed by atoms with van der Waals surface area (Å²) in [5.74, 6) is 0.702. The first-order valence-corrected chi connectivity index (χ1v) is 9.51. The highest BCUT2D eigenvalue weighted by molar-refractivity contribution is 7.89. The fraction of sp³-hybridized carbons (Fsp3) is 0.562. The first-order valence-electron chi connectivity index (χ1n) is 8.07. The summed E-state index contributed by atoms with van der Waals surface area (Å²) in [4.78, 5) is 13.1. The van der Waals surface area contributed by atoms with E-state index in [1.807, 2.05) is 0 Å². The molecule has 0 saturated carbocycles. The van der Waals surface area contributed by atoms with Crippen molar-refractivity contribution in [2.24, 2.45) is 0 Å². The molecule has 1 aliphatic heterocycles. The zero-order chi connectivity index (χ0) is 18.4. The van der Waals surface area contributed by atoms with Gasteiger partial charge in [0.05, 0.1) is 14.2 Å². The van der Waals surface area contributed by atoms with E-state index in [9.17, 15) is 13.2 Å². The van der Waals surface area contributed by atoms with Crippen molar-refractivity contribution in [2.45, 2.75) is 11.8 Å². The van der Waals surface area contributed by atoms with Gasteiger partial charge in [-0.05, 0) is 12.1 Å². The maximum absolute atomic E-state index is 13.0. The van der Waals surface area contributed by atoms with E-state index in [1.165, 1.54) is 31.5 Å². The van der Waals surface area contributed by atoms with Gasteiger partial charge in [0.15, 0.2) is 0 Å². The van der Waals surface area contributed by atoms with E-state index >= 15 is 0 Å². The van der Waals surface area contributed by atoms with E-state index in [2.05, 4.69) is 10.2 Å². The predicted molar refractivity (Wildman–Crippen MR) is 93.4 cm³/mol. The molecule has 1 N–H and O–H groups in total. The van der Waals surface area contributed by atoms with E-state index in [0.29, 0.717) is 50.8 Å². The molecule has 0 spiro atoms. The molecular weight excluding hydrogens is 346 g/mol. The summed E-state index contributed by atoms with van der Waals surface area (Å²) >= 11 is 0. The number of benzene rings is 1. The molecule has 1 fully saturated rings. The Bertz CT molecular complexity index is 700. The molecule has 1 aromatic rings. The van der Waals surface area contributed by atoms with E-state index in [4.69, 9.17) is 9.47 Å². The van der Waals surface area contributed by atoms with Crippen LogP contribution in [0.4, 0.5) is 0 Å². The molecule has 0 unspecified atom stereocenters. The van der Waals surface area contributed by atoms with Crippen molar-refractivity contribution in [1.29, 1.82) is 0 Å². The molecule has 1 aliphatic rings. The average molecular weight is 371 g/mol. The standard InChI is InChI=1S/C16H25N3O5S/c1-13(20)17-6-7-18-8-10-19(11-9-18)25(21,22)16-12-14(23-2)4-5-15(16)24-3/h4-5,12H,6-11H2,1-3H3,(H,17,20). The number of nitrogens with zero attached hydrogens (tertiary/aromatic N) is 2. The van der Waals surface area contributed by atoms with E-state index in [-0.39, 0.29) is 10.8 Å². The van der Waals surface area contributed by atoms with Crippen LogP contribution >= 0.6 is 0 Å².